The number of anilines is 1. The number of fused-ring (bicyclic) bond motifs is 1. The third-order valence-electron chi connectivity index (χ3n) is 4.06. The van der Waals surface area contributed by atoms with E-state index in [-0.39, 0.29) is 23.3 Å². The first-order chi connectivity index (χ1) is 12.6. The van der Waals surface area contributed by atoms with Crippen molar-refractivity contribution in [3.63, 3.8) is 0 Å². The van der Waals surface area contributed by atoms with E-state index < -0.39 is 5.82 Å². The van der Waals surface area contributed by atoms with Gasteiger partial charge in [-0.05, 0) is 12.1 Å². The number of methoxy groups -OCH3 is 1. The molecule has 8 nitrogen and oxygen atoms in total. The Morgan fingerprint density at radius 3 is 2.92 bits per heavy atom. The molecule has 0 aliphatic carbocycles. The molecule has 0 bridgehead atoms. The number of aromatic nitrogens is 3. The van der Waals surface area contributed by atoms with Gasteiger partial charge in [0.25, 0.3) is 0 Å². The fraction of sp³-hybridized carbons (Fsp3) is 0.294. The van der Waals surface area contributed by atoms with E-state index in [1.54, 1.807) is 12.1 Å². The molecule has 26 heavy (non-hydrogen) atoms. The van der Waals surface area contributed by atoms with Crippen molar-refractivity contribution in [3.05, 3.63) is 36.3 Å². The van der Waals surface area contributed by atoms with Crippen LogP contribution in [-0.2, 0) is 4.74 Å². The van der Waals surface area contributed by atoms with Gasteiger partial charge in [-0.15, -0.1) is 5.10 Å². The maximum Gasteiger partial charge on any atom is 0.239 e. The Morgan fingerprint density at radius 2 is 2.23 bits per heavy atom. The number of hydrogen-bond donors (Lipinski definition) is 2. The maximum atomic E-state index is 13.9. The van der Waals surface area contributed by atoms with Crippen LogP contribution in [0.15, 0.2) is 30.5 Å². The molecular formula is C17H17FN4O4. The van der Waals surface area contributed by atoms with Crippen LogP contribution in [-0.4, -0.2) is 46.6 Å². The average Bonchev–Trinajstić information content (AvgIpc) is 2.95. The molecule has 1 saturated heterocycles. The van der Waals surface area contributed by atoms with E-state index in [1.807, 2.05) is 0 Å². The van der Waals surface area contributed by atoms with Crippen LogP contribution in [0.2, 0.25) is 0 Å². The Labute approximate surface area is 148 Å². The lowest BCUT2D eigenvalue weighted by molar-refractivity contribution is -0.0248. The molecule has 1 aliphatic heterocycles. The quantitative estimate of drug-likeness (QED) is 0.698. The van der Waals surface area contributed by atoms with E-state index in [4.69, 9.17) is 14.2 Å². The van der Waals surface area contributed by atoms with Gasteiger partial charge in [-0.2, -0.15) is 4.52 Å². The van der Waals surface area contributed by atoms with Gasteiger partial charge < -0.3 is 24.6 Å². The summed E-state index contributed by atoms with van der Waals surface area (Å²) < 4.78 is 30.8. The molecule has 4 rings (SSSR count). The summed E-state index contributed by atoms with van der Waals surface area (Å²) in [6.07, 6.45) is 1.30. The standard InChI is InChI=1S/C17H17FN4O4/c1-24-14-3-2-11(4-12(14)18)26-15-5-13(19-6-10-8-25-9-10)17-20-7-16(23)22(17)21-15/h2-5,7,10,19,23H,6,8-9H2,1H3. The number of benzene rings is 1. The number of aromatic hydroxyl groups is 1. The molecule has 0 spiro atoms. The first-order valence-electron chi connectivity index (χ1n) is 8.05. The molecule has 9 heteroatoms. The lowest BCUT2D eigenvalue weighted by Gasteiger charge is -2.26. The minimum absolute atomic E-state index is 0.123. The van der Waals surface area contributed by atoms with Crippen molar-refractivity contribution in [2.45, 2.75) is 0 Å². The van der Waals surface area contributed by atoms with Gasteiger partial charge in [-0.25, -0.2) is 9.37 Å². The second-order valence-corrected chi connectivity index (χ2v) is 5.93. The van der Waals surface area contributed by atoms with E-state index >= 15 is 0 Å². The summed E-state index contributed by atoms with van der Waals surface area (Å²) in [5.74, 6) is 0.321. The van der Waals surface area contributed by atoms with Crippen LogP contribution in [0.25, 0.3) is 5.65 Å². The fourth-order valence-electron chi connectivity index (χ4n) is 2.60. The van der Waals surface area contributed by atoms with Crippen molar-refractivity contribution < 1.29 is 23.7 Å². The Bertz CT molecular complexity index is 942. The number of nitrogens with one attached hydrogen (secondary N) is 1. The van der Waals surface area contributed by atoms with E-state index in [0.29, 0.717) is 37.0 Å². The largest absolute Gasteiger partial charge is 0.494 e. The van der Waals surface area contributed by atoms with Crippen molar-refractivity contribution in [2.24, 2.45) is 5.92 Å². The van der Waals surface area contributed by atoms with Crippen LogP contribution in [0.4, 0.5) is 10.1 Å². The predicted molar refractivity (Wildman–Crippen MR) is 90.5 cm³/mol. The molecule has 2 aromatic heterocycles. The van der Waals surface area contributed by atoms with Gasteiger partial charge in [0.1, 0.15) is 5.75 Å². The maximum absolute atomic E-state index is 13.9. The van der Waals surface area contributed by atoms with Crippen molar-refractivity contribution in [1.29, 1.82) is 0 Å². The van der Waals surface area contributed by atoms with Gasteiger partial charge >= 0.3 is 0 Å². The van der Waals surface area contributed by atoms with Gasteiger partial charge in [-0.3, -0.25) is 0 Å². The number of ether oxygens (including phenoxy) is 3. The Hall–Kier alpha value is -3.07. The zero-order chi connectivity index (χ0) is 18.1. The molecule has 136 valence electrons. The minimum Gasteiger partial charge on any atom is -0.494 e. The third-order valence-corrected chi connectivity index (χ3v) is 4.06. The fourth-order valence-corrected chi connectivity index (χ4v) is 2.60. The van der Waals surface area contributed by atoms with E-state index in [0.717, 1.165) is 0 Å². The molecule has 2 N–H and O–H groups in total. The van der Waals surface area contributed by atoms with Crippen molar-refractivity contribution in [3.8, 4) is 23.3 Å². The SMILES string of the molecule is COc1ccc(Oc2cc(NCC3COC3)c3ncc(O)n3n2)cc1F. The molecule has 3 aromatic rings. The van der Waals surface area contributed by atoms with E-state index in [2.05, 4.69) is 15.4 Å². The molecule has 0 unspecified atom stereocenters. The monoisotopic (exact) mass is 360 g/mol. The second-order valence-electron chi connectivity index (χ2n) is 5.93. The van der Waals surface area contributed by atoms with Crippen molar-refractivity contribution in [1.82, 2.24) is 14.6 Å². The Kier molecular flexibility index (Phi) is 4.21. The highest BCUT2D eigenvalue weighted by Crippen LogP contribution is 2.29. The van der Waals surface area contributed by atoms with Crippen LogP contribution >= 0.6 is 0 Å². The van der Waals surface area contributed by atoms with Crippen LogP contribution in [0.5, 0.6) is 23.3 Å². The summed E-state index contributed by atoms with van der Waals surface area (Å²) >= 11 is 0. The second kappa shape index (κ2) is 6.68. The van der Waals surface area contributed by atoms with Crippen LogP contribution < -0.4 is 14.8 Å². The van der Waals surface area contributed by atoms with Gasteiger partial charge in [0.2, 0.25) is 11.8 Å². The summed E-state index contributed by atoms with van der Waals surface area (Å²) in [7, 11) is 1.39. The highest BCUT2D eigenvalue weighted by atomic mass is 19.1. The molecule has 3 heterocycles. The lowest BCUT2D eigenvalue weighted by atomic mass is 10.1. The summed E-state index contributed by atoms with van der Waals surface area (Å²) in [5.41, 5.74) is 1.12. The van der Waals surface area contributed by atoms with Gasteiger partial charge in [-0.1, -0.05) is 0 Å². The summed E-state index contributed by atoms with van der Waals surface area (Å²) in [4.78, 5) is 4.15. The van der Waals surface area contributed by atoms with E-state index in [1.165, 1.54) is 30.0 Å². The Balaban J connectivity index is 1.63. The van der Waals surface area contributed by atoms with Crippen LogP contribution in [0, 0.1) is 11.7 Å². The van der Waals surface area contributed by atoms with Gasteiger partial charge in [0.05, 0.1) is 32.2 Å². The number of rotatable bonds is 6. The molecule has 0 saturated carbocycles. The molecule has 0 atom stereocenters. The Morgan fingerprint density at radius 1 is 1.38 bits per heavy atom. The molecule has 0 amide bonds. The molecular weight excluding hydrogens is 343 g/mol. The smallest absolute Gasteiger partial charge is 0.239 e. The van der Waals surface area contributed by atoms with Crippen molar-refractivity contribution >= 4 is 11.3 Å². The zero-order valence-electron chi connectivity index (χ0n) is 14.0. The van der Waals surface area contributed by atoms with Crippen molar-refractivity contribution in [2.75, 3.05) is 32.2 Å². The topological polar surface area (TPSA) is 90.1 Å². The number of nitrogens with zero attached hydrogens (tertiary/aromatic N) is 3. The van der Waals surface area contributed by atoms with Crippen LogP contribution in [0.3, 0.4) is 0 Å². The minimum atomic E-state index is -0.542. The molecule has 1 aromatic carbocycles. The van der Waals surface area contributed by atoms with Gasteiger partial charge in [0, 0.05) is 24.6 Å². The molecule has 1 fully saturated rings. The number of hydrogen-bond acceptors (Lipinski definition) is 7. The summed E-state index contributed by atoms with van der Waals surface area (Å²) in [6.45, 7) is 2.12. The lowest BCUT2D eigenvalue weighted by Crippen LogP contribution is -2.33. The number of imidazole rings is 1. The normalized spacial score (nSPS) is 14.2. The first kappa shape index (κ1) is 16.4. The average molecular weight is 360 g/mol. The zero-order valence-corrected chi connectivity index (χ0v) is 14.0. The summed E-state index contributed by atoms with van der Waals surface area (Å²) in [5, 5.41) is 17.4. The highest BCUT2D eigenvalue weighted by molar-refractivity contribution is 5.69. The predicted octanol–water partition coefficient (Wildman–Crippen LogP) is 2.43. The van der Waals surface area contributed by atoms with E-state index in [9.17, 15) is 9.50 Å². The highest BCUT2D eigenvalue weighted by Gasteiger charge is 2.19. The van der Waals surface area contributed by atoms with Crippen LogP contribution in [0.1, 0.15) is 0 Å². The molecule has 1 aliphatic rings. The third kappa shape index (κ3) is 3.08. The van der Waals surface area contributed by atoms with Gasteiger partial charge in [0.15, 0.2) is 17.2 Å². The molecule has 0 radical (unpaired) electrons. The first-order valence-corrected chi connectivity index (χ1v) is 8.05. The summed E-state index contributed by atoms with van der Waals surface area (Å²) in [6, 6.07) is 5.90. The number of halogens is 1.